The van der Waals surface area contributed by atoms with Gasteiger partial charge in [-0.15, -0.1) is 10.2 Å². The lowest BCUT2D eigenvalue weighted by Gasteiger charge is -2.49. The fraction of sp³-hybridized carbons (Fsp3) is 0.820. The van der Waals surface area contributed by atoms with Crippen molar-refractivity contribution in [2.75, 3.05) is 92.2 Å². The maximum absolute atomic E-state index is 14.6. The normalized spacial score (nSPS) is 34.6. The van der Waals surface area contributed by atoms with E-state index in [4.69, 9.17) is 71.1 Å². The Morgan fingerprint density at radius 1 is 0.436 bits per heavy atom. The van der Waals surface area contributed by atoms with Crippen LogP contribution >= 0.6 is 0 Å². The minimum absolute atomic E-state index is 0.0211. The summed E-state index contributed by atoms with van der Waals surface area (Å²) in [6, 6.07) is -6.51. The first-order valence-electron chi connectivity index (χ1n) is 49.1. The predicted molar refractivity (Wildman–Crippen MR) is 473 cm³/mol. The Balaban J connectivity index is 0.538. The topological polar surface area (TPSA) is 682 Å². The van der Waals surface area contributed by atoms with Crippen LogP contribution in [0.5, 0.6) is 0 Å². The zero-order valence-electron chi connectivity index (χ0n) is 78.7. The van der Waals surface area contributed by atoms with Crippen molar-refractivity contribution in [1.29, 1.82) is 0 Å². The molecule has 10 amide bonds. The number of ether oxygens (including phenoxy) is 15. The van der Waals surface area contributed by atoms with Crippen LogP contribution < -0.4 is 42.5 Å². The van der Waals surface area contributed by atoms with Crippen molar-refractivity contribution >= 4 is 47.5 Å². The van der Waals surface area contributed by atoms with Crippen LogP contribution in [0.2, 0.25) is 0 Å². The van der Waals surface area contributed by atoms with Crippen molar-refractivity contribution in [1.82, 2.24) is 82.3 Å². The number of amides is 10. The highest BCUT2D eigenvalue weighted by molar-refractivity contribution is 5.99. The number of carbonyl (C=O) groups excluding carboxylic acids is 8. The molecule has 51 heteroatoms. The molecule has 12 aliphatic rings. The summed E-state index contributed by atoms with van der Waals surface area (Å²) in [6.07, 6.45) is -19.2. The second-order valence-corrected chi connectivity index (χ2v) is 38.0. The van der Waals surface area contributed by atoms with Crippen LogP contribution in [-0.2, 0) is 126 Å². The molecule has 14 rings (SSSR count). The van der Waals surface area contributed by atoms with Crippen LogP contribution in [-0.4, -0.2) is 425 Å². The number of aliphatic hydroxyl groups is 12. The molecule has 18 unspecified atom stereocenters. The second-order valence-electron chi connectivity index (χ2n) is 38.0. The van der Waals surface area contributed by atoms with Crippen LogP contribution in [0.4, 0.5) is 9.59 Å². The first-order valence-corrected chi connectivity index (χ1v) is 49.1. The molecule has 140 heavy (non-hydrogen) atoms. The highest BCUT2D eigenvalue weighted by Crippen LogP contribution is 2.40. The van der Waals surface area contributed by atoms with E-state index in [9.17, 15) is 99.6 Å². The Bertz CT molecular complexity index is 4380. The van der Waals surface area contributed by atoms with E-state index in [-0.39, 0.29) is 133 Å². The highest BCUT2D eigenvalue weighted by atomic mass is 16.7. The molecular weight excluding hydrogens is 1850 g/mol. The first-order chi connectivity index (χ1) is 67.5. The zero-order valence-corrected chi connectivity index (χ0v) is 78.7. The van der Waals surface area contributed by atoms with Gasteiger partial charge >= 0.3 is 12.1 Å². The number of aliphatic hydroxyl groups excluding tert-OH is 12. The lowest BCUT2D eigenvalue weighted by atomic mass is 9.84. The number of carbonyl (C=O) groups is 8. The van der Waals surface area contributed by atoms with E-state index in [0.717, 1.165) is 89.2 Å². The summed E-state index contributed by atoms with van der Waals surface area (Å²) in [5, 5.41) is 169. The lowest BCUT2D eigenvalue weighted by Crippen LogP contribution is -2.68. The molecule has 6 saturated heterocycles. The van der Waals surface area contributed by atoms with E-state index >= 15 is 0 Å². The van der Waals surface area contributed by atoms with E-state index in [0.29, 0.717) is 63.3 Å². The van der Waals surface area contributed by atoms with Crippen molar-refractivity contribution in [3.8, 4) is 0 Å². The third-order valence-electron chi connectivity index (χ3n) is 27.6. The largest absolute Gasteiger partial charge is 0.394 e. The SMILES string of the molecule is CC1O[C@@H](OC2C[C@H](O[C@@H]3OC(CO)[C@H](O)C(O[C@@H](CC4CCCCC4)C(=O)N4CCC4)C3NC(=O)Cn3cc(COCCOCCOCCOCCOCc4cn(CC(=O)NC5C(O[C@@H](CC6CCCCC6)C(=O)N6CCC6)[C@@H](O)C(CO)O[C@H]5O[C@@H]5CCCC(NC(=O)C6=CC(O)NC(=O)N6)C5O[C@@H]5OC(C)[C@@H](O)C(O)C5O)nn4)nn3)CCCC2NC(=O)C2=CC(O)NC(=O)N2)C(O)C(O)[C@@H]1O. The molecule has 786 valence electrons. The number of likely N-dealkylation sites (tertiary alicyclic amines) is 2. The maximum Gasteiger partial charge on any atom is 0.321 e. The van der Waals surface area contributed by atoms with Crippen LogP contribution in [0.15, 0.2) is 35.9 Å². The van der Waals surface area contributed by atoms with Crippen molar-refractivity contribution in [3.63, 3.8) is 0 Å². The Hall–Kier alpha value is -7.96. The van der Waals surface area contributed by atoms with Crippen LogP contribution in [0.1, 0.15) is 160 Å². The molecule has 4 saturated carbocycles. The molecular formula is C89H140N16O35. The average Bonchev–Trinajstić information content (AvgIpc) is 1.02. The molecule has 0 aromatic carbocycles. The Morgan fingerprint density at radius 3 is 1.29 bits per heavy atom. The van der Waals surface area contributed by atoms with E-state index in [1.807, 2.05) is 0 Å². The van der Waals surface area contributed by atoms with Gasteiger partial charge in [0.05, 0.1) is 134 Å². The summed E-state index contributed by atoms with van der Waals surface area (Å²) in [5.74, 6) is -3.41. The Kier molecular flexibility index (Phi) is 40.2. The fourth-order valence-corrected chi connectivity index (χ4v) is 19.7. The van der Waals surface area contributed by atoms with Gasteiger partial charge in [0.25, 0.3) is 23.6 Å². The van der Waals surface area contributed by atoms with Gasteiger partial charge < -0.3 is 185 Å². The lowest BCUT2D eigenvalue weighted by molar-refractivity contribution is -0.334. The summed E-state index contributed by atoms with van der Waals surface area (Å²) in [7, 11) is 0. The maximum atomic E-state index is 14.6. The fourth-order valence-electron chi connectivity index (χ4n) is 19.7. The summed E-state index contributed by atoms with van der Waals surface area (Å²) < 4.78 is 95.8. The molecule has 10 fully saturated rings. The van der Waals surface area contributed by atoms with Crippen molar-refractivity contribution in [2.24, 2.45) is 11.8 Å². The van der Waals surface area contributed by atoms with Crippen molar-refractivity contribution < 1.29 is 171 Å². The zero-order chi connectivity index (χ0) is 99.2. The van der Waals surface area contributed by atoms with Gasteiger partial charge in [-0.2, -0.15) is 0 Å². The van der Waals surface area contributed by atoms with Gasteiger partial charge in [-0.1, -0.05) is 74.6 Å². The van der Waals surface area contributed by atoms with Gasteiger partial charge in [-0.05, 0) is 102 Å². The second kappa shape index (κ2) is 52.2. The van der Waals surface area contributed by atoms with Gasteiger partial charge in [-0.3, -0.25) is 28.8 Å². The van der Waals surface area contributed by atoms with E-state index in [1.165, 1.54) is 35.6 Å². The third-order valence-corrected chi connectivity index (χ3v) is 27.6. The molecule has 8 aliphatic heterocycles. The Labute approximate surface area is 807 Å². The van der Waals surface area contributed by atoms with Gasteiger partial charge in [0.1, 0.15) is 152 Å². The molecule has 0 radical (unpaired) electrons. The smallest absolute Gasteiger partial charge is 0.321 e. The van der Waals surface area contributed by atoms with Gasteiger partial charge in [-0.25, -0.2) is 19.0 Å². The minimum Gasteiger partial charge on any atom is -0.394 e. The molecule has 4 aliphatic carbocycles. The minimum atomic E-state index is -1.83. The number of nitrogens with one attached hydrogen (secondary N) is 8. The van der Waals surface area contributed by atoms with Crippen molar-refractivity contribution in [2.45, 2.75) is 359 Å². The number of hydrogen-bond donors (Lipinski definition) is 20. The average molecular weight is 1990 g/mol. The van der Waals surface area contributed by atoms with E-state index < -0.39 is 246 Å². The Morgan fingerprint density at radius 2 is 0.850 bits per heavy atom. The molecule has 0 bridgehead atoms. The number of rotatable bonds is 46. The number of hydrogen-bond acceptors (Lipinski definition) is 39. The van der Waals surface area contributed by atoms with Gasteiger partial charge in [0, 0.05) is 32.6 Å². The number of urea groups is 2. The van der Waals surface area contributed by atoms with Crippen LogP contribution in [0.25, 0.3) is 0 Å². The van der Waals surface area contributed by atoms with Crippen LogP contribution in [0.3, 0.4) is 0 Å². The monoisotopic (exact) mass is 1990 g/mol. The molecule has 2 aromatic heterocycles. The summed E-state index contributed by atoms with van der Waals surface area (Å²) in [6.45, 7) is 3.94. The summed E-state index contributed by atoms with van der Waals surface area (Å²) in [4.78, 5) is 114. The number of nitrogens with zero attached hydrogens (tertiary/aromatic N) is 8. The predicted octanol–water partition coefficient (Wildman–Crippen LogP) is -6.35. The van der Waals surface area contributed by atoms with Gasteiger partial charge in [0.15, 0.2) is 25.2 Å². The highest BCUT2D eigenvalue weighted by Gasteiger charge is 2.56. The van der Waals surface area contributed by atoms with Crippen LogP contribution in [0, 0.1) is 11.8 Å². The van der Waals surface area contributed by atoms with Gasteiger partial charge in [0.2, 0.25) is 11.8 Å². The van der Waals surface area contributed by atoms with E-state index in [1.54, 1.807) is 9.80 Å². The first kappa shape index (κ1) is 108. The molecule has 20 N–H and O–H groups in total. The molecule has 10 heterocycles. The molecule has 51 nitrogen and oxygen atoms in total. The third kappa shape index (κ3) is 29.3. The van der Waals surface area contributed by atoms with E-state index in [2.05, 4.69) is 63.2 Å². The number of aromatic nitrogens is 6. The summed E-state index contributed by atoms with van der Waals surface area (Å²) in [5.41, 5.74) is 0.130. The molecule has 2 aromatic rings. The quantitative estimate of drug-likeness (QED) is 0.0217. The van der Waals surface area contributed by atoms with Crippen molar-refractivity contribution in [3.05, 3.63) is 47.3 Å². The standard InChI is InChI=1S/C89H140N16O35/c1-46-69(112)73(116)75(118)86(131-46)137-58-35-52(17-9-18-53(58)90-80(120)55-36-63(108)96-88(124)92-55)133-84-67(78(71(114)61(42-106)138-84)134-59(82(122)102-21-11-22-102)33-48-13-5-3-6-14-48)94-65(110)40-104-38-50(98-100-104)44-129-31-29-127-27-25-126-26-28-128-30-32-130-45-51-39-105(101-99-51)41-66(111)95-68-79(135-60(83(123)103-23-12-24-103)34-49-15-7-4-8-16-49)72(115)62(43-107)139-85(68)136-57-20-10-19-54(91-81(121)56-37-64(109)97-89(125)93-56)77(57)140-87-76(119)74(117)70(113)47(2)132-87/h36-39,46-49,52-54,57-64,67-79,84-87,106-109,112-119H,3-35,40-45H2,1-2H3,(H,90,120)(H,91,121)(H,94,110)(H,95,111)(H2,92,96,124)(H2,93,97,125)/t46?,47?,52-,53?,54?,57-,58?,59+,60+,61?,62?,63?,64?,67?,68?,69-,70-,71+,72+,73?,74?,75?,76?,77?,78?,79?,84-,85-,86+,87+/m1/s1. The summed E-state index contributed by atoms with van der Waals surface area (Å²) >= 11 is 0. The molecule has 0 spiro atoms. The molecule has 30 atom stereocenters.